The third-order valence-corrected chi connectivity index (χ3v) is 5.87. The normalized spacial score (nSPS) is 17.3. The first-order valence-corrected chi connectivity index (χ1v) is 9.49. The van der Waals surface area contributed by atoms with Crippen LogP contribution in [0, 0.1) is 6.92 Å². The molecule has 0 spiro atoms. The number of aryl methyl sites for hydroxylation is 1. The van der Waals surface area contributed by atoms with Crippen molar-refractivity contribution >= 4 is 39.9 Å². The summed E-state index contributed by atoms with van der Waals surface area (Å²) in [5.74, 6) is 0.0991. The molecule has 7 heteroatoms. The topological polar surface area (TPSA) is 64.2 Å². The van der Waals surface area contributed by atoms with E-state index in [-0.39, 0.29) is 24.4 Å². The van der Waals surface area contributed by atoms with Crippen LogP contribution in [0.1, 0.15) is 33.8 Å². The number of rotatable bonds is 3. The number of piperidine rings is 1. The van der Waals surface area contributed by atoms with Crippen molar-refractivity contribution in [2.75, 3.05) is 13.1 Å². The van der Waals surface area contributed by atoms with Crippen LogP contribution in [-0.4, -0.2) is 39.7 Å². The van der Waals surface area contributed by atoms with E-state index in [0.29, 0.717) is 13.1 Å². The van der Waals surface area contributed by atoms with Crippen LogP contribution in [0.15, 0.2) is 36.4 Å². The predicted octanol–water partition coefficient (Wildman–Crippen LogP) is 3.44. The van der Waals surface area contributed by atoms with E-state index in [2.05, 4.69) is 17.2 Å². The number of thiophene rings is 1. The van der Waals surface area contributed by atoms with Gasteiger partial charge in [-0.1, -0.05) is 30.3 Å². The van der Waals surface area contributed by atoms with Gasteiger partial charge in [0.25, 0.3) is 5.91 Å². The Kier molecular flexibility index (Phi) is 5.65. The van der Waals surface area contributed by atoms with Crippen LogP contribution in [-0.2, 0) is 6.54 Å². The molecule has 2 N–H and O–H groups in total. The van der Waals surface area contributed by atoms with Crippen molar-refractivity contribution in [3.05, 3.63) is 52.5 Å². The molecule has 1 atom stereocenters. The second kappa shape index (κ2) is 7.78. The fourth-order valence-corrected chi connectivity index (χ4v) is 4.56. The molecule has 1 amide bonds. The smallest absolute Gasteiger partial charge is 0.264 e. The van der Waals surface area contributed by atoms with E-state index < -0.39 is 0 Å². The fraction of sp³-hybridized carbons (Fsp3) is 0.368. The van der Waals surface area contributed by atoms with Crippen molar-refractivity contribution in [1.82, 2.24) is 14.7 Å². The summed E-state index contributed by atoms with van der Waals surface area (Å²) in [7, 11) is 0. The van der Waals surface area contributed by atoms with Crippen molar-refractivity contribution < 1.29 is 4.79 Å². The minimum absolute atomic E-state index is 0. The molecule has 1 aliphatic heterocycles. The standard InChI is InChI=1S/C19H22N4OS.ClH/c1-13-16-10-17(18(24)22-9-5-8-15(20)12-22)25-19(16)23(21-13)11-14-6-3-2-4-7-14;/h2-4,6-7,10,15H,5,8-9,11-12,20H2,1H3;1H. The number of aromatic nitrogens is 2. The van der Waals surface area contributed by atoms with Crippen LogP contribution in [0.25, 0.3) is 10.2 Å². The van der Waals surface area contributed by atoms with Crippen LogP contribution in [0.3, 0.4) is 0 Å². The Hall–Kier alpha value is -1.89. The average molecular weight is 391 g/mol. The summed E-state index contributed by atoms with van der Waals surface area (Å²) in [4.78, 5) is 16.6. The van der Waals surface area contributed by atoms with E-state index in [1.807, 2.05) is 40.8 Å². The van der Waals surface area contributed by atoms with E-state index in [1.54, 1.807) is 0 Å². The highest BCUT2D eigenvalue weighted by molar-refractivity contribution is 7.20. The molecule has 0 aliphatic carbocycles. The summed E-state index contributed by atoms with van der Waals surface area (Å²) in [5, 5.41) is 5.73. The molecule has 1 fully saturated rings. The monoisotopic (exact) mass is 390 g/mol. The first kappa shape index (κ1) is 18.9. The van der Waals surface area contributed by atoms with Gasteiger partial charge in [0.1, 0.15) is 4.83 Å². The lowest BCUT2D eigenvalue weighted by Crippen LogP contribution is -2.45. The molecule has 26 heavy (non-hydrogen) atoms. The molecular formula is C19H23ClN4OS. The second-order valence-corrected chi connectivity index (χ2v) is 7.74. The molecule has 1 aliphatic rings. The van der Waals surface area contributed by atoms with Crippen LogP contribution < -0.4 is 5.73 Å². The van der Waals surface area contributed by atoms with Crippen LogP contribution >= 0.6 is 23.7 Å². The average Bonchev–Trinajstić information content (AvgIpc) is 3.17. The molecule has 0 saturated carbocycles. The van der Waals surface area contributed by atoms with Crippen molar-refractivity contribution in [1.29, 1.82) is 0 Å². The van der Waals surface area contributed by atoms with Gasteiger partial charge in [0, 0.05) is 24.5 Å². The molecule has 3 aromatic rings. The number of hydrogen-bond donors (Lipinski definition) is 1. The Labute approximate surface area is 163 Å². The number of halogens is 1. The quantitative estimate of drug-likeness (QED) is 0.745. The SMILES string of the molecule is Cc1nn(Cc2ccccc2)c2sc(C(=O)N3CCCC(N)C3)cc12.Cl. The Morgan fingerprint density at radius 1 is 1.35 bits per heavy atom. The molecule has 5 nitrogen and oxygen atoms in total. The largest absolute Gasteiger partial charge is 0.336 e. The van der Waals surface area contributed by atoms with Gasteiger partial charge in [0.15, 0.2) is 0 Å². The van der Waals surface area contributed by atoms with Crippen molar-refractivity contribution in [2.24, 2.45) is 5.73 Å². The third-order valence-electron chi connectivity index (χ3n) is 4.74. The molecule has 0 bridgehead atoms. The van der Waals surface area contributed by atoms with Crippen LogP contribution in [0.2, 0.25) is 0 Å². The molecule has 2 aromatic heterocycles. The summed E-state index contributed by atoms with van der Waals surface area (Å²) in [6.45, 7) is 4.17. The van der Waals surface area contributed by atoms with Crippen LogP contribution in [0.4, 0.5) is 0 Å². The van der Waals surface area contributed by atoms with Gasteiger partial charge in [-0.15, -0.1) is 23.7 Å². The second-order valence-electron chi connectivity index (χ2n) is 6.71. The summed E-state index contributed by atoms with van der Waals surface area (Å²) >= 11 is 1.54. The number of amides is 1. The zero-order valence-corrected chi connectivity index (χ0v) is 16.4. The number of hydrogen-bond acceptors (Lipinski definition) is 4. The number of likely N-dealkylation sites (tertiary alicyclic amines) is 1. The summed E-state index contributed by atoms with van der Waals surface area (Å²) in [6, 6.07) is 12.4. The zero-order valence-electron chi connectivity index (χ0n) is 14.7. The number of carbonyl (C=O) groups is 1. The minimum Gasteiger partial charge on any atom is -0.336 e. The molecule has 1 saturated heterocycles. The highest BCUT2D eigenvalue weighted by atomic mass is 35.5. The summed E-state index contributed by atoms with van der Waals surface area (Å²) < 4.78 is 2.00. The van der Waals surface area contributed by atoms with Crippen molar-refractivity contribution in [3.8, 4) is 0 Å². The lowest BCUT2D eigenvalue weighted by atomic mass is 10.1. The highest BCUT2D eigenvalue weighted by Gasteiger charge is 2.25. The molecule has 3 heterocycles. The van der Waals surface area contributed by atoms with E-state index >= 15 is 0 Å². The first-order valence-electron chi connectivity index (χ1n) is 8.67. The number of nitrogens with zero attached hydrogens (tertiary/aromatic N) is 3. The van der Waals surface area contributed by atoms with Gasteiger partial charge >= 0.3 is 0 Å². The Morgan fingerprint density at radius 3 is 2.85 bits per heavy atom. The minimum atomic E-state index is 0. The molecule has 138 valence electrons. The van der Waals surface area contributed by atoms with Gasteiger partial charge in [-0.2, -0.15) is 5.10 Å². The van der Waals surface area contributed by atoms with Crippen molar-refractivity contribution in [3.63, 3.8) is 0 Å². The molecule has 1 aromatic carbocycles. The number of nitrogens with two attached hydrogens (primary N) is 1. The lowest BCUT2D eigenvalue weighted by molar-refractivity contribution is 0.0714. The summed E-state index contributed by atoms with van der Waals surface area (Å²) in [5.41, 5.74) is 8.20. The van der Waals surface area contributed by atoms with Gasteiger partial charge in [-0.25, -0.2) is 0 Å². The van der Waals surface area contributed by atoms with Gasteiger partial charge in [-0.3, -0.25) is 9.48 Å². The first-order chi connectivity index (χ1) is 12.1. The Morgan fingerprint density at radius 2 is 2.12 bits per heavy atom. The Balaban J connectivity index is 0.00000196. The fourth-order valence-electron chi connectivity index (χ4n) is 3.43. The summed E-state index contributed by atoms with van der Waals surface area (Å²) in [6.07, 6.45) is 1.99. The maximum Gasteiger partial charge on any atom is 0.264 e. The Bertz CT molecular complexity index is 905. The third kappa shape index (κ3) is 3.63. The molecular weight excluding hydrogens is 368 g/mol. The maximum atomic E-state index is 12.8. The predicted molar refractivity (Wildman–Crippen MR) is 108 cm³/mol. The van der Waals surface area contributed by atoms with E-state index in [0.717, 1.165) is 40.2 Å². The van der Waals surface area contributed by atoms with Crippen LogP contribution in [0.5, 0.6) is 0 Å². The number of benzene rings is 1. The van der Waals surface area contributed by atoms with Gasteiger partial charge < -0.3 is 10.6 Å². The van der Waals surface area contributed by atoms with E-state index in [9.17, 15) is 4.79 Å². The van der Waals surface area contributed by atoms with Gasteiger partial charge in [0.05, 0.1) is 17.1 Å². The maximum absolute atomic E-state index is 12.8. The van der Waals surface area contributed by atoms with E-state index in [1.165, 1.54) is 16.9 Å². The van der Waals surface area contributed by atoms with E-state index in [4.69, 9.17) is 5.73 Å². The van der Waals surface area contributed by atoms with Gasteiger partial charge in [0.2, 0.25) is 0 Å². The zero-order chi connectivity index (χ0) is 17.4. The molecule has 1 unspecified atom stereocenters. The van der Waals surface area contributed by atoms with Crippen molar-refractivity contribution in [2.45, 2.75) is 32.4 Å². The lowest BCUT2D eigenvalue weighted by Gasteiger charge is -2.30. The number of fused-ring (bicyclic) bond motifs is 1. The molecule has 4 rings (SSSR count). The number of carbonyl (C=O) groups excluding carboxylic acids is 1. The molecule has 0 radical (unpaired) electrons. The van der Waals surface area contributed by atoms with Gasteiger partial charge in [-0.05, 0) is 31.4 Å². The highest BCUT2D eigenvalue weighted by Crippen LogP contribution is 2.30.